The molecule has 2 aromatic carbocycles. The first-order chi connectivity index (χ1) is 13.5. The van der Waals surface area contributed by atoms with E-state index in [9.17, 15) is 4.79 Å². The number of unbranched alkanes of at least 4 members (excludes halogenated alkanes) is 1. The summed E-state index contributed by atoms with van der Waals surface area (Å²) in [5.74, 6) is -0.0671. The maximum atomic E-state index is 12.3. The lowest BCUT2D eigenvalue weighted by atomic mass is 10.1. The molecule has 0 bridgehead atoms. The molecule has 0 aliphatic rings. The molecule has 1 amide bonds. The number of amides is 1. The summed E-state index contributed by atoms with van der Waals surface area (Å²) in [4.78, 5) is 17.9. The van der Waals surface area contributed by atoms with E-state index in [1.165, 1.54) is 29.7 Å². The van der Waals surface area contributed by atoms with Crippen molar-refractivity contribution in [2.75, 3.05) is 5.32 Å². The lowest BCUT2D eigenvalue weighted by Crippen LogP contribution is -2.19. The van der Waals surface area contributed by atoms with E-state index in [0.717, 1.165) is 28.3 Å². The van der Waals surface area contributed by atoms with Crippen molar-refractivity contribution in [1.29, 1.82) is 0 Å². The molecule has 0 spiro atoms. The van der Waals surface area contributed by atoms with Crippen LogP contribution in [0.5, 0.6) is 0 Å². The minimum absolute atomic E-state index is 0.0671. The number of hydrogen-bond donors (Lipinski definition) is 1. The van der Waals surface area contributed by atoms with Crippen molar-refractivity contribution in [2.45, 2.75) is 32.6 Å². The highest BCUT2D eigenvalue weighted by Gasteiger charge is 2.09. The van der Waals surface area contributed by atoms with Gasteiger partial charge in [-0.1, -0.05) is 37.1 Å². The molecule has 0 radical (unpaired) electrons. The highest BCUT2D eigenvalue weighted by molar-refractivity contribution is 7.07. The molecule has 3 aromatic rings. The number of benzene rings is 2. The van der Waals surface area contributed by atoms with Crippen molar-refractivity contribution >= 4 is 40.2 Å². The lowest BCUT2D eigenvalue weighted by Gasteiger charge is -2.06. The fourth-order valence-corrected chi connectivity index (χ4v) is 3.84. The first-order valence-electron chi connectivity index (χ1n) is 9.37. The van der Waals surface area contributed by atoms with Gasteiger partial charge in [-0.15, -0.1) is 11.3 Å². The number of nitrogens with zero attached hydrogens (tertiary/aromatic N) is 2. The van der Waals surface area contributed by atoms with Gasteiger partial charge < -0.3 is 9.88 Å². The molecule has 6 heteroatoms. The molecule has 1 heterocycles. The standard InChI is InChI=1S/C22H24ClN3OS/c1-3-4-5-16-6-10-19(11-7-16)25-22-26(2)20(15-28-22)14-21(27)24-18-12-8-17(23)9-13-18/h6-13,15H,3-5,14H2,1-2H3,(H,24,27). The molecule has 4 nitrogen and oxygen atoms in total. The summed E-state index contributed by atoms with van der Waals surface area (Å²) < 4.78 is 1.97. The Kier molecular flexibility index (Phi) is 7.06. The number of anilines is 1. The summed E-state index contributed by atoms with van der Waals surface area (Å²) in [5, 5.41) is 5.52. The van der Waals surface area contributed by atoms with Gasteiger partial charge in [-0.25, -0.2) is 4.99 Å². The Morgan fingerprint density at radius 2 is 1.86 bits per heavy atom. The first kappa shape index (κ1) is 20.4. The first-order valence-corrected chi connectivity index (χ1v) is 10.6. The Morgan fingerprint density at radius 1 is 1.14 bits per heavy atom. The van der Waals surface area contributed by atoms with Crippen LogP contribution >= 0.6 is 22.9 Å². The Bertz CT molecular complexity index is 988. The van der Waals surface area contributed by atoms with Gasteiger partial charge >= 0.3 is 0 Å². The second kappa shape index (κ2) is 9.71. The van der Waals surface area contributed by atoms with Crippen LogP contribution in [-0.4, -0.2) is 10.5 Å². The quantitative estimate of drug-likeness (QED) is 0.546. The van der Waals surface area contributed by atoms with Crippen molar-refractivity contribution in [1.82, 2.24) is 4.57 Å². The van der Waals surface area contributed by atoms with Gasteiger partial charge in [-0.05, 0) is 54.8 Å². The number of carbonyl (C=O) groups excluding carboxylic acids is 1. The third kappa shape index (κ3) is 5.57. The van der Waals surface area contributed by atoms with Crippen LogP contribution in [0.15, 0.2) is 58.9 Å². The zero-order chi connectivity index (χ0) is 19.9. The molecule has 146 valence electrons. The predicted molar refractivity (Wildman–Crippen MR) is 117 cm³/mol. The largest absolute Gasteiger partial charge is 0.326 e. The van der Waals surface area contributed by atoms with Crippen LogP contribution in [0.1, 0.15) is 31.0 Å². The van der Waals surface area contributed by atoms with Gasteiger partial charge in [0.1, 0.15) is 0 Å². The summed E-state index contributed by atoms with van der Waals surface area (Å²) >= 11 is 7.41. The summed E-state index contributed by atoms with van der Waals surface area (Å²) in [6.07, 6.45) is 3.81. The van der Waals surface area contributed by atoms with E-state index in [1.807, 2.05) is 17.0 Å². The minimum atomic E-state index is -0.0671. The van der Waals surface area contributed by atoms with E-state index in [4.69, 9.17) is 16.6 Å². The summed E-state index contributed by atoms with van der Waals surface area (Å²) in [7, 11) is 1.94. The molecule has 1 aromatic heterocycles. The second-order valence-corrected chi connectivity index (χ2v) is 7.96. The number of thiazole rings is 1. The Balaban J connectivity index is 1.68. The molecule has 1 N–H and O–H groups in total. The van der Waals surface area contributed by atoms with Crippen molar-refractivity contribution in [3.05, 3.63) is 75.0 Å². The van der Waals surface area contributed by atoms with Crippen LogP contribution in [0.3, 0.4) is 0 Å². The number of rotatable bonds is 7. The predicted octanol–water partition coefficient (Wildman–Crippen LogP) is 5.50. The maximum Gasteiger partial charge on any atom is 0.230 e. The van der Waals surface area contributed by atoms with Gasteiger partial charge in [-0.2, -0.15) is 0 Å². The van der Waals surface area contributed by atoms with Gasteiger partial charge in [0.15, 0.2) is 4.80 Å². The second-order valence-electron chi connectivity index (χ2n) is 6.68. The van der Waals surface area contributed by atoms with Crippen LogP contribution < -0.4 is 10.1 Å². The van der Waals surface area contributed by atoms with Crippen LogP contribution in [-0.2, 0) is 24.7 Å². The van der Waals surface area contributed by atoms with Crippen molar-refractivity contribution in [3.63, 3.8) is 0 Å². The molecule has 0 atom stereocenters. The molecule has 0 saturated heterocycles. The summed E-state index contributed by atoms with van der Waals surface area (Å²) in [6.45, 7) is 2.20. The van der Waals surface area contributed by atoms with Gasteiger partial charge in [0.2, 0.25) is 5.91 Å². The average molecular weight is 414 g/mol. The van der Waals surface area contributed by atoms with Gasteiger partial charge in [0.25, 0.3) is 0 Å². The zero-order valence-electron chi connectivity index (χ0n) is 16.1. The Hall–Kier alpha value is -2.37. The van der Waals surface area contributed by atoms with Gasteiger partial charge in [0, 0.05) is 28.8 Å². The summed E-state index contributed by atoms with van der Waals surface area (Å²) in [5.41, 5.74) is 3.93. The lowest BCUT2D eigenvalue weighted by molar-refractivity contribution is -0.115. The van der Waals surface area contributed by atoms with E-state index >= 15 is 0 Å². The van der Waals surface area contributed by atoms with E-state index in [2.05, 4.69) is 36.5 Å². The molecular weight excluding hydrogens is 390 g/mol. The van der Waals surface area contributed by atoms with Crippen LogP contribution in [0.4, 0.5) is 11.4 Å². The molecule has 3 rings (SSSR count). The number of aromatic nitrogens is 1. The number of nitrogens with one attached hydrogen (secondary N) is 1. The normalized spacial score (nSPS) is 11.6. The molecule has 28 heavy (non-hydrogen) atoms. The fraction of sp³-hybridized carbons (Fsp3) is 0.273. The van der Waals surface area contributed by atoms with Crippen LogP contribution in [0, 0.1) is 0 Å². The number of hydrogen-bond acceptors (Lipinski definition) is 3. The van der Waals surface area contributed by atoms with E-state index < -0.39 is 0 Å². The molecule has 0 aliphatic heterocycles. The van der Waals surface area contributed by atoms with Crippen LogP contribution in [0.25, 0.3) is 0 Å². The van der Waals surface area contributed by atoms with Crippen molar-refractivity contribution in [2.24, 2.45) is 12.0 Å². The average Bonchev–Trinajstić information content (AvgIpc) is 3.02. The van der Waals surface area contributed by atoms with E-state index in [1.54, 1.807) is 24.3 Å². The highest BCUT2D eigenvalue weighted by atomic mass is 35.5. The SMILES string of the molecule is CCCCc1ccc(N=c2scc(CC(=O)Nc3ccc(Cl)cc3)n2C)cc1. The zero-order valence-corrected chi connectivity index (χ0v) is 17.7. The van der Waals surface area contributed by atoms with Gasteiger partial charge in [-0.3, -0.25) is 4.79 Å². The van der Waals surface area contributed by atoms with Gasteiger partial charge in [0.05, 0.1) is 12.1 Å². The number of aryl methyl sites for hydroxylation is 1. The topological polar surface area (TPSA) is 46.4 Å². The molecule has 0 unspecified atom stereocenters. The monoisotopic (exact) mass is 413 g/mol. The molecule has 0 fully saturated rings. The number of halogens is 1. The van der Waals surface area contributed by atoms with Crippen LogP contribution in [0.2, 0.25) is 5.02 Å². The van der Waals surface area contributed by atoms with E-state index in [0.29, 0.717) is 11.4 Å². The Morgan fingerprint density at radius 3 is 2.54 bits per heavy atom. The molecule has 0 aliphatic carbocycles. The molecular formula is C22H24ClN3OS. The van der Waals surface area contributed by atoms with Crippen molar-refractivity contribution < 1.29 is 4.79 Å². The fourth-order valence-electron chi connectivity index (χ4n) is 2.79. The molecule has 0 saturated carbocycles. The third-order valence-electron chi connectivity index (χ3n) is 4.47. The van der Waals surface area contributed by atoms with Crippen molar-refractivity contribution in [3.8, 4) is 0 Å². The highest BCUT2D eigenvalue weighted by Crippen LogP contribution is 2.16. The smallest absolute Gasteiger partial charge is 0.230 e. The minimum Gasteiger partial charge on any atom is -0.326 e. The Labute approximate surface area is 174 Å². The third-order valence-corrected chi connectivity index (χ3v) is 5.69. The number of carbonyl (C=O) groups is 1. The van der Waals surface area contributed by atoms with E-state index in [-0.39, 0.29) is 5.91 Å². The summed E-state index contributed by atoms with van der Waals surface area (Å²) in [6, 6.07) is 15.5. The maximum absolute atomic E-state index is 12.3.